The van der Waals surface area contributed by atoms with Gasteiger partial charge in [0.05, 0.1) is 11.0 Å². The fraction of sp³-hybridized carbons (Fsp3) is 0. The maximum atomic E-state index is 5.18. The molecule has 0 saturated carbocycles. The van der Waals surface area contributed by atoms with Crippen molar-refractivity contribution in [1.82, 2.24) is 19.5 Å². The van der Waals surface area contributed by atoms with Crippen LogP contribution >= 0.6 is 11.3 Å². The van der Waals surface area contributed by atoms with Crippen LogP contribution < -0.4 is 0 Å². The summed E-state index contributed by atoms with van der Waals surface area (Å²) in [6.45, 7) is 0. The highest BCUT2D eigenvalue weighted by atomic mass is 32.1. The Morgan fingerprint density at radius 2 is 0.906 bits per heavy atom. The Balaban J connectivity index is 1.09. The molecule has 0 atom stereocenters. The molecule has 11 aromatic carbocycles. The van der Waals surface area contributed by atoms with E-state index in [0.717, 1.165) is 38.7 Å². The standard InChI is InChI=1S/C59H34N4S/c1-3-15-36(16-4-1)57-60-58(37-17-5-2-6-18-37)62-59(61-57)47-31-29-42(40-20-9-10-21-41(40)47)46-30-32-48-53-39-19-8-7-14-35(39)26-28-45(53)44-23-13-24-50-54(44)55(48)56(46)63(50)38-27-33-52-49(34-38)43-22-11-12-25-51(43)64-52/h1-34H. The van der Waals surface area contributed by atoms with Gasteiger partial charge in [-0.3, -0.25) is 0 Å². The van der Waals surface area contributed by atoms with E-state index in [9.17, 15) is 0 Å². The molecular weight excluding hydrogens is 797 g/mol. The van der Waals surface area contributed by atoms with Gasteiger partial charge in [-0.2, -0.15) is 0 Å². The molecule has 0 N–H and O–H groups in total. The van der Waals surface area contributed by atoms with Crippen molar-refractivity contribution in [2.75, 3.05) is 0 Å². The number of hydrogen-bond donors (Lipinski definition) is 0. The second-order valence-electron chi connectivity index (χ2n) is 16.7. The minimum Gasteiger partial charge on any atom is -0.309 e. The summed E-state index contributed by atoms with van der Waals surface area (Å²) >= 11 is 1.86. The van der Waals surface area contributed by atoms with Crippen molar-refractivity contribution in [2.24, 2.45) is 0 Å². The molecule has 0 amide bonds. The quantitative estimate of drug-likeness (QED) is 0.162. The Morgan fingerprint density at radius 3 is 1.69 bits per heavy atom. The average molecular weight is 831 g/mol. The van der Waals surface area contributed by atoms with Gasteiger partial charge in [-0.05, 0) is 85.1 Å². The Hall–Kier alpha value is -8.25. The predicted molar refractivity (Wildman–Crippen MR) is 270 cm³/mol. The van der Waals surface area contributed by atoms with Crippen LogP contribution in [0.1, 0.15) is 0 Å². The molecule has 0 bridgehead atoms. The van der Waals surface area contributed by atoms with Crippen molar-refractivity contribution in [3.63, 3.8) is 0 Å². The molecule has 14 rings (SSSR count). The summed E-state index contributed by atoms with van der Waals surface area (Å²) in [5, 5.41) is 15.0. The molecule has 0 fully saturated rings. The van der Waals surface area contributed by atoms with Crippen molar-refractivity contribution in [3.8, 4) is 51.0 Å². The molecule has 0 unspecified atom stereocenters. The Bertz CT molecular complexity index is 4130. The van der Waals surface area contributed by atoms with Crippen LogP contribution in [0.5, 0.6) is 0 Å². The lowest BCUT2D eigenvalue weighted by Crippen LogP contribution is -2.01. The predicted octanol–water partition coefficient (Wildman–Crippen LogP) is 16.1. The van der Waals surface area contributed by atoms with E-state index in [-0.39, 0.29) is 0 Å². The smallest absolute Gasteiger partial charge is 0.164 e. The first-order valence-electron chi connectivity index (χ1n) is 21.7. The maximum absolute atomic E-state index is 5.18. The second kappa shape index (κ2) is 13.6. The van der Waals surface area contributed by atoms with E-state index < -0.39 is 0 Å². The zero-order chi connectivity index (χ0) is 41.9. The first-order valence-corrected chi connectivity index (χ1v) is 22.5. The fourth-order valence-corrected chi connectivity index (χ4v) is 11.5. The molecule has 0 aliphatic carbocycles. The summed E-state index contributed by atoms with van der Waals surface area (Å²) < 4.78 is 5.14. The SMILES string of the molecule is c1ccc(-c2nc(-c3ccccc3)nc(-c3ccc(-c4ccc5c6c7ccccc7ccc6c6cccc7c6c5c4n7-c4ccc5sc6ccccc6c5c4)c4ccccc34)n2)cc1. The van der Waals surface area contributed by atoms with Crippen LogP contribution in [0.4, 0.5) is 0 Å². The highest BCUT2D eigenvalue weighted by Gasteiger charge is 2.25. The van der Waals surface area contributed by atoms with E-state index in [1.54, 1.807) is 0 Å². The summed E-state index contributed by atoms with van der Waals surface area (Å²) in [4.78, 5) is 15.4. The van der Waals surface area contributed by atoms with E-state index in [1.807, 2.05) is 47.7 Å². The van der Waals surface area contributed by atoms with Crippen LogP contribution in [-0.4, -0.2) is 19.5 Å². The molecule has 0 aliphatic heterocycles. The first kappa shape index (κ1) is 35.4. The van der Waals surface area contributed by atoms with E-state index in [1.165, 1.54) is 79.9 Å². The molecule has 0 aliphatic rings. The van der Waals surface area contributed by atoms with Gasteiger partial charge in [-0.25, -0.2) is 15.0 Å². The molecule has 0 radical (unpaired) electrons. The molecule has 14 aromatic rings. The van der Waals surface area contributed by atoms with Crippen LogP contribution in [0, 0.1) is 0 Å². The van der Waals surface area contributed by atoms with Crippen molar-refractivity contribution in [3.05, 3.63) is 206 Å². The fourth-order valence-electron chi connectivity index (χ4n) is 10.4. The zero-order valence-corrected chi connectivity index (χ0v) is 35.1. The summed E-state index contributed by atoms with van der Waals surface area (Å²) in [6.07, 6.45) is 0. The normalized spacial score (nSPS) is 12.1. The average Bonchev–Trinajstić information content (AvgIpc) is 3.92. The lowest BCUT2D eigenvalue weighted by Gasteiger charge is -2.17. The Morgan fingerprint density at radius 1 is 0.328 bits per heavy atom. The number of fused-ring (bicyclic) bond motifs is 9. The van der Waals surface area contributed by atoms with Gasteiger partial charge in [-0.1, -0.05) is 170 Å². The van der Waals surface area contributed by atoms with Crippen LogP contribution in [0.3, 0.4) is 0 Å². The molecule has 0 spiro atoms. The lowest BCUT2D eigenvalue weighted by atomic mass is 9.88. The van der Waals surface area contributed by atoms with Gasteiger partial charge in [-0.15, -0.1) is 11.3 Å². The van der Waals surface area contributed by atoms with Gasteiger partial charge in [0.15, 0.2) is 17.5 Å². The van der Waals surface area contributed by atoms with Crippen LogP contribution in [0.25, 0.3) is 136 Å². The largest absolute Gasteiger partial charge is 0.309 e. The van der Waals surface area contributed by atoms with Gasteiger partial charge >= 0.3 is 0 Å². The number of benzene rings is 11. The van der Waals surface area contributed by atoms with E-state index >= 15 is 0 Å². The van der Waals surface area contributed by atoms with E-state index in [4.69, 9.17) is 15.0 Å². The van der Waals surface area contributed by atoms with Gasteiger partial charge < -0.3 is 4.57 Å². The van der Waals surface area contributed by atoms with Crippen LogP contribution in [0.15, 0.2) is 206 Å². The summed E-state index contributed by atoms with van der Waals surface area (Å²) in [5.74, 6) is 1.93. The second-order valence-corrected chi connectivity index (χ2v) is 17.7. The van der Waals surface area contributed by atoms with Crippen molar-refractivity contribution >= 4 is 96.4 Å². The number of thiophene rings is 1. The first-order chi connectivity index (χ1) is 31.7. The highest BCUT2D eigenvalue weighted by molar-refractivity contribution is 7.25. The number of rotatable bonds is 5. The molecule has 4 nitrogen and oxygen atoms in total. The molecule has 64 heavy (non-hydrogen) atoms. The van der Waals surface area contributed by atoms with Gasteiger partial charge in [0, 0.05) is 58.9 Å². The third kappa shape index (κ3) is 5.13. The van der Waals surface area contributed by atoms with Crippen molar-refractivity contribution in [2.45, 2.75) is 0 Å². The number of nitrogens with zero attached hydrogens (tertiary/aromatic N) is 4. The minimum atomic E-state index is 0.642. The minimum absolute atomic E-state index is 0.642. The highest BCUT2D eigenvalue weighted by Crippen LogP contribution is 2.50. The Labute approximate surface area is 371 Å². The van der Waals surface area contributed by atoms with E-state index in [0.29, 0.717) is 17.5 Å². The maximum Gasteiger partial charge on any atom is 0.164 e. The topological polar surface area (TPSA) is 43.6 Å². The van der Waals surface area contributed by atoms with Gasteiger partial charge in [0.2, 0.25) is 0 Å². The van der Waals surface area contributed by atoms with Crippen LogP contribution in [-0.2, 0) is 0 Å². The van der Waals surface area contributed by atoms with Gasteiger partial charge in [0.1, 0.15) is 0 Å². The van der Waals surface area contributed by atoms with E-state index in [2.05, 4.69) is 174 Å². The zero-order valence-electron chi connectivity index (χ0n) is 34.3. The molecule has 3 aromatic heterocycles. The number of aromatic nitrogens is 4. The van der Waals surface area contributed by atoms with Crippen LogP contribution in [0.2, 0.25) is 0 Å². The summed E-state index contributed by atoms with van der Waals surface area (Å²) in [6, 6.07) is 74.5. The molecule has 0 saturated heterocycles. The van der Waals surface area contributed by atoms with Gasteiger partial charge in [0.25, 0.3) is 0 Å². The number of hydrogen-bond acceptors (Lipinski definition) is 4. The lowest BCUT2D eigenvalue weighted by molar-refractivity contribution is 1.08. The summed E-state index contributed by atoms with van der Waals surface area (Å²) in [5.41, 5.74) is 8.74. The third-order valence-corrected chi connectivity index (χ3v) is 14.3. The summed E-state index contributed by atoms with van der Waals surface area (Å²) in [7, 11) is 0. The van der Waals surface area contributed by atoms with Crippen molar-refractivity contribution in [1.29, 1.82) is 0 Å². The molecule has 5 heteroatoms. The third-order valence-electron chi connectivity index (χ3n) is 13.2. The Kier molecular flexibility index (Phi) is 7.53. The molecule has 3 heterocycles. The van der Waals surface area contributed by atoms with Crippen molar-refractivity contribution < 1.29 is 0 Å². The molecule has 296 valence electrons. The monoisotopic (exact) mass is 830 g/mol. The molecular formula is C59H34N4S.